The maximum Gasteiger partial charge on any atom is 0.271 e. The molecule has 31 heavy (non-hydrogen) atoms. The summed E-state index contributed by atoms with van der Waals surface area (Å²) in [6.45, 7) is 2.81. The van der Waals surface area contributed by atoms with Crippen molar-refractivity contribution < 1.29 is 14.5 Å². The van der Waals surface area contributed by atoms with Gasteiger partial charge in [-0.2, -0.15) is 0 Å². The van der Waals surface area contributed by atoms with Gasteiger partial charge in [-0.15, -0.1) is 10.2 Å². The third kappa shape index (κ3) is 6.05. The van der Waals surface area contributed by atoms with Crippen LogP contribution in [0.1, 0.15) is 19.8 Å². The van der Waals surface area contributed by atoms with Gasteiger partial charge in [0.25, 0.3) is 5.69 Å². The van der Waals surface area contributed by atoms with E-state index in [1.54, 1.807) is 6.07 Å². The lowest BCUT2D eigenvalue weighted by Gasteiger charge is -2.07. The van der Waals surface area contributed by atoms with Gasteiger partial charge >= 0.3 is 0 Å². The number of ether oxygens (including phenoxy) is 1. The van der Waals surface area contributed by atoms with Crippen LogP contribution >= 0.6 is 11.8 Å². The highest BCUT2D eigenvalue weighted by Crippen LogP contribution is 2.25. The number of nitro benzene ring substituents is 1. The molecule has 0 unspecified atom stereocenters. The first kappa shape index (κ1) is 22.3. The lowest BCUT2D eigenvalue weighted by Crippen LogP contribution is -2.14. The first-order chi connectivity index (χ1) is 15.0. The topological polar surface area (TPSA) is 112 Å². The molecule has 0 aliphatic carbocycles. The van der Waals surface area contributed by atoms with Gasteiger partial charge < -0.3 is 14.6 Å². The van der Waals surface area contributed by atoms with E-state index in [9.17, 15) is 14.9 Å². The Balaban J connectivity index is 1.58. The third-order valence-electron chi connectivity index (χ3n) is 4.39. The van der Waals surface area contributed by atoms with Gasteiger partial charge in [-0.25, -0.2) is 0 Å². The number of unbranched alkanes of at least 4 members (excludes halogenated alkanes) is 1. The van der Waals surface area contributed by atoms with Gasteiger partial charge in [-0.1, -0.05) is 31.2 Å². The van der Waals surface area contributed by atoms with E-state index in [0.29, 0.717) is 23.3 Å². The van der Waals surface area contributed by atoms with Crippen molar-refractivity contribution in [3.8, 4) is 17.1 Å². The summed E-state index contributed by atoms with van der Waals surface area (Å²) in [7, 11) is 1.84. The van der Waals surface area contributed by atoms with Crippen molar-refractivity contribution in [2.45, 2.75) is 24.9 Å². The summed E-state index contributed by atoms with van der Waals surface area (Å²) < 4.78 is 7.50. The second-order valence-corrected chi connectivity index (χ2v) is 7.68. The molecule has 1 aromatic heterocycles. The summed E-state index contributed by atoms with van der Waals surface area (Å²) in [5.74, 6) is 1.30. The minimum atomic E-state index is -0.505. The molecule has 0 atom stereocenters. The zero-order chi connectivity index (χ0) is 22.2. The monoisotopic (exact) mass is 441 g/mol. The zero-order valence-corrected chi connectivity index (χ0v) is 18.1. The molecule has 2 aromatic carbocycles. The summed E-state index contributed by atoms with van der Waals surface area (Å²) >= 11 is 1.24. The first-order valence-corrected chi connectivity index (χ1v) is 10.8. The normalized spacial score (nSPS) is 10.6. The van der Waals surface area contributed by atoms with Crippen molar-refractivity contribution in [3.05, 3.63) is 58.6 Å². The molecule has 0 saturated heterocycles. The van der Waals surface area contributed by atoms with E-state index < -0.39 is 4.92 Å². The number of carbonyl (C=O) groups is 1. The van der Waals surface area contributed by atoms with Crippen molar-refractivity contribution in [2.75, 3.05) is 17.7 Å². The molecule has 9 nitrogen and oxygen atoms in total. The number of rotatable bonds is 10. The number of thioether (sulfide) groups is 1. The summed E-state index contributed by atoms with van der Waals surface area (Å²) in [5, 5.41) is 22.5. The molecular weight excluding hydrogens is 418 g/mol. The molecule has 0 aliphatic rings. The molecule has 0 saturated carbocycles. The molecule has 0 bridgehead atoms. The van der Waals surface area contributed by atoms with E-state index in [2.05, 4.69) is 22.4 Å². The molecule has 0 aliphatic heterocycles. The maximum absolute atomic E-state index is 12.2. The quantitative estimate of drug-likeness (QED) is 0.216. The predicted octanol–water partition coefficient (Wildman–Crippen LogP) is 4.30. The number of benzene rings is 2. The van der Waals surface area contributed by atoms with E-state index in [0.717, 1.165) is 24.2 Å². The molecule has 0 spiro atoms. The van der Waals surface area contributed by atoms with Gasteiger partial charge in [0.05, 0.1) is 17.3 Å². The molecule has 3 rings (SSSR count). The predicted molar refractivity (Wildman–Crippen MR) is 119 cm³/mol. The second-order valence-electron chi connectivity index (χ2n) is 6.74. The van der Waals surface area contributed by atoms with Crippen LogP contribution in [0, 0.1) is 10.1 Å². The van der Waals surface area contributed by atoms with E-state index in [1.165, 1.54) is 30.0 Å². The van der Waals surface area contributed by atoms with Gasteiger partial charge in [0.15, 0.2) is 11.0 Å². The summed E-state index contributed by atoms with van der Waals surface area (Å²) in [6, 6.07) is 13.5. The van der Waals surface area contributed by atoms with Crippen LogP contribution in [0.3, 0.4) is 0 Å². The molecular formula is C21H23N5O4S. The second kappa shape index (κ2) is 10.6. The molecule has 162 valence electrons. The van der Waals surface area contributed by atoms with E-state index in [-0.39, 0.29) is 17.3 Å². The molecule has 1 heterocycles. The molecule has 0 fully saturated rings. The van der Waals surface area contributed by atoms with E-state index >= 15 is 0 Å². The van der Waals surface area contributed by atoms with Crippen LogP contribution in [0.15, 0.2) is 53.7 Å². The SMILES string of the molecule is CCCCOc1ccc(-c2nnc(SCC(=O)Nc3cccc([N+](=O)[O-])c3)n2C)cc1. The highest BCUT2D eigenvalue weighted by Gasteiger charge is 2.14. The number of non-ortho nitro benzene ring substituents is 1. The van der Waals surface area contributed by atoms with Gasteiger partial charge in [-0.3, -0.25) is 14.9 Å². The number of carbonyl (C=O) groups excluding carboxylic acids is 1. The third-order valence-corrected chi connectivity index (χ3v) is 5.41. The van der Waals surface area contributed by atoms with Crippen molar-refractivity contribution in [2.24, 2.45) is 7.05 Å². The number of hydrogen-bond acceptors (Lipinski definition) is 7. The number of nitro groups is 1. The van der Waals surface area contributed by atoms with Crippen molar-refractivity contribution >= 4 is 29.0 Å². The van der Waals surface area contributed by atoms with Crippen molar-refractivity contribution in [1.82, 2.24) is 14.8 Å². The van der Waals surface area contributed by atoms with Crippen LogP contribution in [0.4, 0.5) is 11.4 Å². The fourth-order valence-electron chi connectivity index (χ4n) is 2.75. The Labute approximate surface area is 184 Å². The highest BCUT2D eigenvalue weighted by atomic mass is 32.2. The average Bonchev–Trinajstić information content (AvgIpc) is 3.13. The van der Waals surface area contributed by atoms with Gasteiger partial charge in [0.2, 0.25) is 5.91 Å². The molecule has 3 aromatic rings. The van der Waals surface area contributed by atoms with Crippen LogP contribution in [-0.4, -0.2) is 38.0 Å². The van der Waals surface area contributed by atoms with Gasteiger partial charge in [-0.05, 0) is 36.8 Å². The Hall–Kier alpha value is -3.40. The summed E-state index contributed by atoms with van der Waals surface area (Å²) in [4.78, 5) is 22.6. The Kier molecular flexibility index (Phi) is 7.60. The average molecular weight is 442 g/mol. The lowest BCUT2D eigenvalue weighted by molar-refractivity contribution is -0.384. The van der Waals surface area contributed by atoms with Crippen LogP contribution in [0.2, 0.25) is 0 Å². The number of hydrogen-bond donors (Lipinski definition) is 1. The minimum absolute atomic E-state index is 0.0785. The highest BCUT2D eigenvalue weighted by molar-refractivity contribution is 7.99. The van der Waals surface area contributed by atoms with Crippen molar-refractivity contribution in [1.29, 1.82) is 0 Å². The van der Waals surface area contributed by atoms with Crippen LogP contribution in [0.5, 0.6) is 5.75 Å². The fourth-order valence-corrected chi connectivity index (χ4v) is 3.46. The Bertz CT molecular complexity index is 1050. The van der Waals surface area contributed by atoms with Gasteiger partial charge in [0.1, 0.15) is 5.75 Å². The first-order valence-electron chi connectivity index (χ1n) is 9.77. The number of anilines is 1. The maximum atomic E-state index is 12.2. The van der Waals surface area contributed by atoms with Crippen molar-refractivity contribution in [3.63, 3.8) is 0 Å². The molecule has 10 heteroatoms. The molecule has 0 radical (unpaired) electrons. The lowest BCUT2D eigenvalue weighted by atomic mass is 10.2. The number of amides is 1. The Morgan fingerprint density at radius 1 is 1.23 bits per heavy atom. The smallest absolute Gasteiger partial charge is 0.271 e. The molecule has 1 N–H and O–H groups in total. The standard InChI is InChI=1S/C21H23N5O4S/c1-3-4-12-30-18-10-8-15(9-11-18)20-23-24-21(25(20)2)31-14-19(27)22-16-6-5-7-17(13-16)26(28)29/h5-11,13H,3-4,12,14H2,1-2H3,(H,22,27). The Morgan fingerprint density at radius 2 is 2.00 bits per heavy atom. The zero-order valence-electron chi connectivity index (χ0n) is 17.3. The number of nitrogens with one attached hydrogen (secondary N) is 1. The summed E-state index contributed by atoms with van der Waals surface area (Å²) in [5.41, 5.74) is 1.19. The van der Waals surface area contributed by atoms with E-state index in [4.69, 9.17) is 4.74 Å². The fraction of sp³-hybridized carbons (Fsp3) is 0.286. The van der Waals surface area contributed by atoms with E-state index in [1.807, 2.05) is 35.9 Å². The minimum Gasteiger partial charge on any atom is -0.494 e. The number of nitrogens with zero attached hydrogens (tertiary/aromatic N) is 4. The van der Waals surface area contributed by atoms with Crippen LogP contribution < -0.4 is 10.1 Å². The Morgan fingerprint density at radius 3 is 2.71 bits per heavy atom. The largest absolute Gasteiger partial charge is 0.494 e. The van der Waals surface area contributed by atoms with Crippen LogP contribution in [-0.2, 0) is 11.8 Å². The van der Waals surface area contributed by atoms with Gasteiger partial charge in [0, 0.05) is 30.4 Å². The summed E-state index contributed by atoms with van der Waals surface area (Å²) in [6.07, 6.45) is 2.10. The molecule has 1 amide bonds. The number of aromatic nitrogens is 3. The van der Waals surface area contributed by atoms with Crippen LogP contribution in [0.25, 0.3) is 11.4 Å².